The topological polar surface area (TPSA) is 46.3 Å². The predicted molar refractivity (Wildman–Crippen MR) is 91.3 cm³/mol. The summed E-state index contributed by atoms with van der Waals surface area (Å²) in [6.45, 7) is 0. The molecule has 114 valence electrons. The van der Waals surface area contributed by atoms with Crippen molar-refractivity contribution in [3.63, 3.8) is 0 Å². The van der Waals surface area contributed by atoms with Gasteiger partial charge in [-0.05, 0) is 12.1 Å². The third-order valence-electron chi connectivity index (χ3n) is 3.97. The number of rotatable bonds is 1. The van der Waals surface area contributed by atoms with Crippen molar-refractivity contribution in [2.24, 2.45) is 4.99 Å². The molecule has 4 rings (SSSR count). The van der Waals surface area contributed by atoms with Crippen LogP contribution in [0.1, 0.15) is 5.82 Å². The quantitative estimate of drug-likeness (QED) is 0.694. The summed E-state index contributed by atoms with van der Waals surface area (Å²) >= 11 is 0. The van der Waals surface area contributed by atoms with Crippen LogP contribution in [0.5, 0.6) is 0 Å². The van der Waals surface area contributed by atoms with E-state index in [1.54, 1.807) is 0 Å². The Balaban J connectivity index is 1.97. The van der Waals surface area contributed by atoms with Gasteiger partial charge in [0.05, 0.1) is 17.8 Å². The summed E-state index contributed by atoms with van der Waals surface area (Å²) in [7, 11) is 4.01. The lowest BCUT2D eigenvalue weighted by Crippen LogP contribution is -2.24. The molecule has 0 radical (unpaired) electrons. The van der Waals surface area contributed by atoms with Gasteiger partial charge in [-0.1, -0.05) is 42.5 Å². The molecule has 2 aromatic carbocycles. The fraction of sp³-hybridized carbons (Fsp3) is 0.167. The van der Waals surface area contributed by atoms with E-state index in [-0.39, 0.29) is 0 Å². The number of aliphatic imine (C=N–C) groups is 1. The van der Waals surface area contributed by atoms with Crippen molar-refractivity contribution in [1.29, 1.82) is 0 Å². The lowest BCUT2D eigenvalue weighted by Gasteiger charge is -2.13. The summed E-state index contributed by atoms with van der Waals surface area (Å²) in [5.74, 6) is 2.73. The summed E-state index contributed by atoms with van der Waals surface area (Å²) in [6.07, 6.45) is 0.654. The summed E-state index contributed by atoms with van der Waals surface area (Å²) in [4.78, 5) is 6.85. The molecule has 5 nitrogen and oxygen atoms in total. The highest BCUT2D eigenvalue weighted by molar-refractivity contribution is 5.88. The van der Waals surface area contributed by atoms with Gasteiger partial charge in [-0.25, -0.2) is 4.99 Å². The molecule has 0 saturated carbocycles. The molecular weight excluding hydrogens is 286 g/mol. The third-order valence-corrected chi connectivity index (χ3v) is 3.97. The van der Waals surface area contributed by atoms with Crippen molar-refractivity contribution in [3.05, 3.63) is 60.4 Å². The number of benzene rings is 2. The number of fused-ring (bicyclic) bond motifs is 3. The summed E-state index contributed by atoms with van der Waals surface area (Å²) in [5, 5.41) is 8.87. The molecule has 2 heterocycles. The number of likely N-dealkylation sites (N-methyl/N-ethyl adjacent to an activating group) is 1. The van der Waals surface area contributed by atoms with E-state index in [0.717, 1.165) is 34.4 Å². The van der Waals surface area contributed by atoms with E-state index in [1.165, 1.54) is 0 Å². The zero-order valence-electron chi connectivity index (χ0n) is 13.1. The van der Waals surface area contributed by atoms with Crippen LogP contribution in [-0.4, -0.2) is 39.6 Å². The zero-order chi connectivity index (χ0) is 15.8. The molecule has 0 amide bonds. The van der Waals surface area contributed by atoms with E-state index in [4.69, 9.17) is 4.99 Å². The Hall–Kier alpha value is -2.95. The Bertz CT molecular complexity index is 877. The molecule has 0 N–H and O–H groups in total. The van der Waals surface area contributed by atoms with Crippen LogP contribution in [-0.2, 0) is 6.42 Å². The Labute approximate surface area is 134 Å². The highest BCUT2D eigenvalue weighted by atomic mass is 15.3. The van der Waals surface area contributed by atoms with E-state index in [9.17, 15) is 0 Å². The smallest absolute Gasteiger partial charge is 0.168 e. The minimum absolute atomic E-state index is 0.654. The van der Waals surface area contributed by atoms with Gasteiger partial charge in [0.2, 0.25) is 0 Å². The summed E-state index contributed by atoms with van der Waals surface area (Å²) < 4.78 is 2.12. The highest BCUT2D eigenvalue weighted by Crippen LogP contribution is 2.32. The molecule has 1 aromatic heterocycles. The van der Waals surface area contributed by atoms with Crippen LogP contribution in [0.25, 0.3) is 17.1 Å². The molecule has 5 heteroatoms. The van der Waals surface area contributed by atoms with Gasteiger partial charge in [0.1, 0.15) is 11.7 Å². The maximum Gasteiger partial charge on any atom is 0.168 e. The molecule has 0 aliphatic carbocycles. The molecule has 1 aliphatic rings. The van der Waals surface area contributed by atoms with Gasteiger partial charge >= 0.3 is 0 Å². The van der Waals surface area contributed by atoms with Gasteiger partial charge in [-0.15, -0.1) is 10.2 Å². The first-order chi connectivity index (χ1) is 11.2. The minimum Gasteiger partial charge on any atom is -0.366 e. The van der Waals surface area contributed by atoms with Crippen molar-refractivity contribution in [1.82, 2.24) is 19.7 Å². The van der Waals surface area contributed by atoms with Crippen LogP contribution in [0, 0.1) is 0 Å². The largest absolute Gasteiger partial charge is 0.366 e. The average Bonchev–Trinajstić information content (AvgIpc) is 2.91. The normalized spacial score (nSPS) is 12.9. The number of nitrogens with zero attached hydrogens (tertiary/aromatic N) is 5. The molecule has 0 bridgehead atoms. The predicted octanol–water partition coefficient (Wildman–Crippen LogP) is 3.08. The van der Waals surface area contributed by atoms with Gasteiger partial charge in [0, 0.05) is 19.7 Å². The monoisotopic (exact) mass is 303 g/mol. The highest BCUT2D eigenvalue weighted by Gasteiger charge is 2.22. The summed E-state index contributed by atoms with van der Waals surface area (Å²) in [6, 6.07) is 18.3. The van der Waals surface area contributed by atoms with E-state index in [0.29, 0.717) is 6.42 Å². The van der Waals surface area contributed by atoms with Crippen LogP contribution < -0.4 is 0 Å². The van der Waals surface area contributed by atoms with Crippen molar-refractivity contribution in [3.8, 4) is 17.1 Å². The summed E-state index contributed by atoms with van der Waals surface area (Å²) in [5.41, 5.74) is 3.00. The number of aromatic nitrogens is 3. The standard InChI is InChI=1S/C18H17N5/c1-22(2)16-12-17-20-21-18(13-8-4-3-5-9-13)23(17)15-11-7-6-10-14(15)19-16/h3-11H,12H2,1-2H3. The molecule has 3 aromatic rings. The number of hydrogen-bond acceptors (Lipinski definition) is 4. The maximum atomic E-state index is 4.81. The van der Waals surface area contributed by atoms with E-state index < -0.39 is 0 Å². The fourth-order valence-corrected chi connectivity index (χ4v) is 2.78. The van der Waals surface area contributed by atoms with Crippen molar-refractivity contribution >= 4 is 11.5 Å². The van der Waals surface area contributed by atoms with Gasteiger partial charge in [0.15, 0.2) is 5.82 Å². The Morgan fingerprint density at radius 1 is 0.913 bits per heavy atom. The first kappa shape index (κ1) is 13.7. The fourth-order valence-electron chi connectivity index (χ4n) is 2.78. The number of hydrogen-bond donors (Lipinski definition) is 0. The third kappa shape index (κ3) is 2.30. The molecule has 1 aliphatic heterocycles. The van der Waals surface area contributed by atoms with E-state index >= 15 is 0 Å². The Morgan fingerprint density at radius 2 is 1.65 bits per heavy atom. The van der Waals surface area contributed by atoms with Gasteiger partial charge in [-0.3, -0.25) is 4.57 Å². The molecule has 0 unspecified atom stereocenters. The Morgan fingerprint density at radius 3 is 2.43 bits per heavy atom. The lowest BCUT2D eigenvalue weighted by atomic mass is 10.2. The first-order valence-corrected chi connectivity index (χ1v) is 7.58. The lowest BCUT2D eigenvalue weighted by molar-refractivity contribution is 0.607. The van der Waals surface area contributed by atoms with Crippen LogP contribution in [0.3, 0.4) is 0 Å². The molecule has 0 saturated heterocycles. The molecule has 0 atom stereocenters. The number of amidine groups is 1. The second-order valence-corrected chi connectivity index (χ2v) is 5.73. The SMILES string of the molecule is CN(C)C1=Nc2ccccc2-n2c(nnc2-c2ccccc2)C1. The van der Waals surface area contributed by atoms with Gasteiger partial charge in [-0.2, -0.15) is 0 Å². The Kier molecular flexibility index (Phi) is 3.19. The van der Waals surface area contributed by atoms with Gasteiger partial charge in [0.25, 0.3) is 0 Å². The van der Waals surface area contributed by atoms with Crippen molar-refractivity contribution in [2.45, 2.75) is 6.42 Å². The molecule has 23 heavy (non-hydrogen) atoms. The van der Waals surface area contributed by atoms with Gasteiger partial charge < -0.3 is 4.90 Å². The molecule has 0 fully saturated rings. The van der Waals surface area contributed by atoms with Crippen LogP contribution in [0.2, 0.25) is 0 Å². The average molecular weight is 303 g/mol. The maximum absolute atomic E-state index is 4.81. The first-order valence-electron chi connectivity index (χ1n) is 7.58. The van der Waals surface area contributed by atoms with Crippen molar-refractivity contribution in [2.75, 3.05) is 14.1 Å². The molecular formula is C18H17N5. The van der Waals surface area contributed by atoms with Crippen molar-refractivity contribution < 1.29 is 0 Å². The van der Waals surface area contributed by atoms with Crippen LogP contribution in [0.15, 0.2) is 59.6 Å². The van der Waals surface area contributed by atoms with E-state index in [2.05, 4.69) is 33.0 Å². The number of para-hydroxylation sites is 2. The van der Waals surface area contributed by atoms with Crippen LogP contribution >= 0.6 is 0 Å². The minimum atomic E-state index is 0.654. The van der Waals surface area contributed by atoms with E-state index in [1.807, 2.05) is 55.4 Å². The second-order valence-electron chi connectivity index (χ2n) is 5.73. The second kappa shape index (κ2) is 5.35. The zero-order valence-corrected chi connectivity index (χ0v) is 13.1. The molecule has 0 spiro atoms. The van der Waals surface area contributed by atoms with Crippen LogP contribution in [0.4, 0.5) is 5.69 Å².